The van der Waals surface area contributed by atoms with Crippen molar-refractivity contribution >= 4 is 15.6 Å². The second-order valence-electron chi connectivity index (χ2n) is 4.92. The topological polar surface area (TPSA) is 77.2 Å². The van der Waals surface area contributed by atoms with E-state index >= 15 is 0 Å². The van der Waals surface area contributed by atoms with Crippen LogP contribution >= 0.6 is 0 Å². The summed E-state index contributed by atoms with van der Waals surface area (Å²) in [6.45, 7) is 1.79. The molecule has 0 amide bonds. The van der Waals surface area contributed by atoms with Crippen LogP contribution < -0.4 is 5.73 Å². The van der Waals surface area contributed by atoms with E-state index in [-0.39, 0.29) is 29.9 Å². The van der Waals surface area contributed by atoms with Gasteiger partial charge in [0, 0.05) is 24.6 Å². The summed E-state index contributed by atoms with van der Waals surface area (Å²) in [6.07, 6.45) is 1.80. The third kappa shape index (κ3) is 5.53. The molecule has 2 N–H and O–H groups in total. The molecule has 0 spiro atoms. The van der Waals surface area contributed by atoms with Crippen LogP contribution in [-0.2, 0) is 14.6 Å². The lowest BCUT2D eigenvalue weighted by Gasteiger charge is -2.19. The van der Waals surface area contributed by atoms with Crippen LogP contribution in [0.4, 0.5) is 0 Å². The number of carbonyl (C=O) groups is 1. The van der Waals surface area contributed by atoms with Gasteiger partial charge in [-0.1, -0.05) is 37.3 Å². The number of benzene rings is 1. The fourth-order valence-electron chi connectivity index (χ4n) is 1.90. The molecule has 0 radical (unpaired) electrons. The van der Waals surface area contributed by atoms with Crippen LogP contribution in [0.15, 0.2) is 30.3 Å². The van der Waals surface area contributed by atoms with E-state index in [0.29, 0.717) is 6.42 Å². The normalized spacial score (nSPS) is 14.9. The van der Waals surface area contributed by atoms with E-state index in [1.54, 1.807) is 6.92 Å². The third-order valence-corrected chi connectivity index (χ3v) is 4.20. The zero-order valence-electron chi connectivity index (χ0n) is 11.4. The molecule has 0 fully saturated rings. The molecule has 1 aromatic carbocycles. The first-order valence-corrected chi connectivity index (χ1v) is 8.38. The van der Waals surface area contributed by atoms with Crippen LogP contribution in [-0.4, -0.2) is 26.2 Å². The predicted octanol–water partition coefficient (Wildman–Crippen LogP) is 1.72. The lowest BCUT2D eigenvalue weighted by molar-refractivity contribution is -0.123. The van der Waals surface area contributed by atoms with Gasteiger partial charge in [-0.05, 0) is 12.0 Å². The summed E-state index contributed by atoms with van der Waals surface area (Å²) in [5, 5.41) is 0. The Labute approximate surface area is 114 Å². The zero-order valence-corrected chi connectivity index (χ0v) is 12.2. The minimum Gasteiger partial charge on any atom is -0.323 e. The maximum Gasteiger partial charge on any atom is 0.147 e. The summed E-state index contributed by atoms with van der Waals surface area (Å²) in [5.74, 6) is -0.242. The van der Waals surface area contributed by atoms with Crippen molar-refractivity contribution in [1.82, 2.24) is 0 Å². The molecule has 0 saturated carbocycles. The highest BCUT2D eigenvalue weighted by Crippen LogP contribution is 2.21. The van der Waals surface area contributed by atoms with E-state index in [1.807, 2.05) is 30.3 Å². The largest absolute Gasteiger partial charge is 0.323 e. The number of nitrogens with two attached hydrogens (primary N) is 1. The number of ketones is 1. The van der Waals surface area contributed by atoms with Gasteiger partial charge < -0.3 is 5.73 Å². The number of hydrogen-bond acceptors (Lipinski definition) is 4. The first-order chi connectivity index (χ1) is 8.81. The van der Waals surface area contributed by atoms with Crippen molar-refractivity contribution in [2.75, 3.05) is 12.0 Å². The second kappa shape index (κ2) is 6.82. The number of sulfone groups is 1. The van der Waals surface area contributed by atoms with E-state index in [1.165, 1.54) is 6.26 Å². The molecule has 0 aliphatic heterocycles. The van der Waals surface area contributed by atoms with Gasteiger partial charge in [-0.25, -0.2) is 8.42 Å². The van der Waals surface area contributed by atoms with E-state index in [2.05, 4.69) is 0 Å². The predicted molar refractivity (Wildman–Crippen MR) is 76.5 cm³/mol. The Hall–Kier alpha value is -1.20. The van der Waals surface area contributed by atoms with Crippen molar-refractivity contribution in [3.63, 3.8) is 0 Å². The molecule has 4 nitrogen and oxygen atoms in total. The molecule has 2 unspecified atom stereocenters. The Morgan fingerprint density at radius 3 is 2.37 bits per heavy atom. The Bertz CT molecular complexity index is 511. The monoisotopic (exact) mass is 283 g/mol. The van der Waals surface area contributed by atoms with Crippen molar-refractivity contribution < 1.29 is 13.2 Å². The highest BCUT2D eigenvalue weighted by atomic mass is 32.2. The molecule has 106 valence electrons. The number of carbonyl (C=O) groups excluding carboxylic acids is 1. The van der Waals surface area contributed by atoms with Gasteiger partial charge in [-0.3, -0.25) is 4.79 Å². The minimum absolute atomic E-state index is 0.0139. The maximum absolute atomic E-state index is 12.0. The van der Waals surface area contributed by atoms with Crippen molar-refractivity contribution in [3.8, 4) is 0 Å². The highest BCUT2D eigenvalue weighted by Gasteiger charge is 2.21. The van der Waals surface area contributed by atoms with Crippen LogP contribution in [0, 0.1) is 5.92 Å². The van der Waals surface area contributed by atoms with E-state index < -0.39 is 9.84 Å². The van der Waals surface area contributed by atoms with Crippen LogP contribution in [0.5, 0.6) is 0 Å². The van der Waals surface area contributed by atoms with E-state index in [9.17, 15) is 13.2 Å². The molecule has 0 bridgehead atoms. The lowest BCUT2D eigenvalue weighted by Crippen LogP contribution is -2.26. The van der Waals surface area contributed by atoms with Crippen molar-refractivity contribution in [1.29, 1.82) is 0 Å². The van der Waals surface area contributed by atoms with Gasteiger partial charge >= 0.3 is 0 Å². The summed E-state index contributed by atoms with van der Waals surface area (Å²) in [5.41, 5.74) is 6.98. The third-order valence-electron chi connectivity index (χ3n) is 3.17. The van der Waals surface area contributed by atoms with Crippen molar-refractivity contribution in [3.05, 3.63) is 35.9 Å². The molecule has 0 saturated heterocycles. The Kier molecular flexibility index (Phi) is 5.69. The molecule has 0 aliphatic carbocycles. The van der Waals surface area contributed by atoms with Gasteiger partial charge in [-0.2, -0.15) is 0 Å². The number of Topliss-reactive ketones (excluding diaryl/α,β-unsaturated/α-hetero) is 1. The van der Waals surface area contributed by atoms with Crippen molar-refractivity contribution in [2.24, 2.45) is 11.7 Å². The average Bonchev–Trinajstić information content (AvgIpc) is 2.36. The van der Waals surface area contributed by atoms with Gasteiger partial charge in [0.15, 0.2) is 0 Å². The number of hydrogen-bond donors (Lipinski definition) is 1. The first-order valence-electron chi connectivity index (χ1n) is 6.32. The number of rotatable bonds is 7. The molecule has 5 heteroatoms. The van der Waals surface area contributed by atoms with Gasteiger partial charge in [0.1, 0.15) is 15.6 Å². The molecule has 1 rings (SSSR count). The van der Waals surface area contributed by atoms with Crippen LogP contribution in [0.3, 0.4) is 0 Å². The molecule has 0 aromatic heterocycles. The first kappa shape index (κ1) is 15.9. The Morgan fingerprint density at radius 1 is 1.26 bits per heavy atom. The molecular weight excluding hydrogens is 262 g/mol. The SMILES string of the molecule is CC(C(=O)CCCS(C)(=O)=O)C(N)c1ccccc1. The highest BCUT2D eigenvalue weighted by molar-refractivity contribution is 7.90. The molecular formula is C14H21NO3S. The van der Waals surface area contributed by atoms with Gasteiger partial charge in [0.25, 0.3) is 0 Å². The molecule has 0 heterocycles. The minimum atomic E-state index is -3.00. The Morgan fingerprint density at radius 2 is 1.84 bits per heavy atom. The average molecular weight is 283 g/mol. The standard InChI is InChI=1S/C14H21NO3S/c1-11(13(16)9-6-10-19(2,17)18)14(15)12-7-4-3-5-8-12/h3-5,7-8,11,14H,6,9-10,15H2,1-2H3. The zero-order chi connectivity index (χ0) is 14.5. The fourth-order valence-corrected chi connectivity index (χ4v) is 2.57. The quantitative estimate of drug-likeness (QED) is 0.826. The molecule has 0 aliphatic rings. The summed E-state index contributed by atoms with van der Waals surface area (Å²) < 4.78 is 22.0. The summed E-state index contributed by atoms with van der Waals surface area (Å²) in [6, 6.07) is 9.11. The van der Waals surface area contributed by atoms with Crippen LogP contribution in [0.25, 0.3) is 0 Å². The second-order valence-corrected chi connectivity index (χ2v) is 7.18. The van der Waals surface area contributed by atoms with Gasteiger partial charge in [0.2, 0.25) is 0 Å². The Balaban J connectivity index is 2.53. The van der Waals surface area contributed by atoms with E-state index in [0.717, 1.165) is 5.56 Å². The fraction of sp³-hybridized carbons (Fsp3) is 0.500. The summed E-state index contributed by atoms with van der Waals surface area (Å²) in [7, 11) is -3.00. The lowest BCUT2D eigenvalue weighted by atomic mass is 9.90. The maximum atomic E-state index is 12.0. The van der Waals surface area contributed by atoms with E-state index in [4.69, 9.17) is 5.73 Å². The summed E-state index contributed by atoms with van der Waals surface area (Å²) in [4.78, 5) is 12.0. The van der Waals surface area contributed by atoms with Crippen molar-refractivity contribution in [2.45, 2.75) is 25.8 Å². The molecule has 2 atom stereocenters. The molecule has 1 aromatic rings. The summed E-state index contributed by atoms with van der Waals surface area (Å²) >= 11 is 0. The van der Waals surface area contributed by atoms with Gasteiger partial charge in [-0.15, -0.1) is 0 Å². The molecule has 19 heavy (non-hydrogen) atoms. The smallest absolute Gasteiger partial charge is 0.147 e. The van der Waals surface area contributed by atoms with Crippen LogP contribution in [0.1, 0.15) is 31.4 Å². The van der Waals surface area contributed by atoms with Crippen LogP contribution in [0.2, 0.25) is 0 Å². The van der Waals surface area contributed by atoms with Gasteiger partial charge in [0.05, 0.1) is 5.75 Å².